The molecular weight excluding hydrogens is 240 g/mol. The SMILES string of the molecule is CCCNCCc1nnc(-c2ccc(C#N)cc2)o1. The van der Waals surface area contributed by atoms with Gasteiger partial charge in [-0.25, -0.2) is 0 Å². The third-order valence-electron chi connectivity index (χ3n) is 2.67. The highest BCUT2D eigenvalue weighted by Crippen LogP contribution is 2.18. The molecule has 0 saturated heterocycles. The second-order valence-corrected chi connectivity index (χ2v) is 4.19. The highest BCUT2D eigenvalue weighted by molar-refractivity contribution is 5.54. The number of hydrogen-bond donors (Lipinski definition) is 1. The minimum absolute atomic E-state index is 0.495. The van der Waals surface area contributed by atoms with Crippen molar-refractivity contribution in [2.24, 2.45) is 0 Å². The van der Waals surface area contributed by atoms with Gasteiger partial charge in [0.2, 0.25) is 11.8 Å². The molecule has 98 valence electrons. The van der Waals surface area contributed by atoms with Gasteiger partial charge in [-0.2, -0.15) is 5.26 Å². The lowest BCUT2D eigenvalue weighted by molar-refractivity contribution is 0.494. The van der Waals surface area contributed by atoms with Crippen LogP contribution in [0.3, 0.4) is 0 Å². The number of hydrogen-bond acceptors (Lipinski definition) is 5. The second kappa shape index (κ2) is 6.66. The Labute approximate surface area is 112 Å². The first-order valence-electron chi connectivity index (χ1n) is 6.37. The van der Waals surface area contributed by atoms with Crippen LogP contribution in [-0.4, -0.2) is 23.3 Å². The van der Waals surface area contributed by atoms with Crippen molar-refractivity contribution >= 4 is 0 Å². The Balaban J connectivity index is 1.98. The molecule has 5 heteroatoms. The maximum absolute atomic E-state index is 8.74. The van der Waals surface area contributed by atoms with Crippen LogP contribution in [0.4, 0.5) is 0 Å². The molecule has 0 unspecified atom stereocenters. The number of nitriles is 1. The molecule has 19 heavy (non-hydrogen) atoms. The van der Waals surface area contributed by atoms with E-state index in [1.54, 1.807) is 12.1 Å². The van der Waals surface area contributed by atoms with E-state index in [9.17, 15) is 0 Å². The van der Waals surface area contributed by atoms with E-state index in [4.69, 9.17) is 9.68 Å². The predicted octanol–water partition coefficient (Wildman–Crippen LogP) is 2.15. The Morgan fingerprint density at radius 3 is 2.68 bits per heavy atom. The molecule has 1 aromatic carbocycles. The molecule has 1 aromatic heterocycles. The molecule has 0 aliphatic rings. The van der Waals surface area contributed by atoms with Gasteiger partial charge in [0.15, 0.2) is 0 Å². The quantitative estimate of drug-likeness (QED) is 0.801. The third kappa shape index (κ3) is 3.63. The predicted molar refractivity (Wildman–Crippen MR) is 71.3 cm³/mol. The summed E-state index contributed by atoms with van der Waals surface area (Å²) in [6.45, 7) is 3.96. The molecule has 0 aliphatic heterocycles. The van der Waals surface area contributed by atoms with Crippen molar-refractivity contribution in [3.8, 4) is 17.5 Å². The number of rotatable bonds is 6. The summed E-state index contributed by atoms with van der Waals surface area (Å²) in [5, 5.41) is 20.0. The Kier molecular flexibility index (Phi) is 4.65. The molecule has 5 nitrogen and oxygen atoms in total. The monoisotopic (exact) mass is 256 g/mol. The van der Waals surface area contributed by atoms with Crippen LogP contribution >= 0.6 is 0 Å². The highest BCUT2D eigenvalue weighted by atomic mass is 16.4. The fraction of sp³-hybridized carbons (Fsp3) is 0.357. The molecule has 2 aromatic rings. The third-order valence-corrected chi connectivity index (χ3v) is 2.67. The number of nitrogens with zero attached hydrogens (tertiary/aromatic N) is 3. The largest absolute Gasteiger partial charge is 0.421 e. The van der Waals surface area contributed by atoms with Gasteiger partial charge in [0, 0.05) is 18.5 Å². The topological polar surface area (TPSA) is 74.7 Å². The average molecular weight is 256 g/mol. The van der Waals surface area contributed by atoms with Crippen LogP contribution in [0.5, 0.6) is 0 Å². The van der Waals surface area contributed by atoms with Crippen molar-refractivity contribution < 1.29 is 4.42 Å². The molecule has 0 radical (unpaired) electrons. The molecule has 0 amide bonds. The standard InChI is InChI=1S/C14H16N4O/c1-2-8-16-9-7-13-17-18-14(19-13)12-5-3-11(10-15)4-6-12/h3-6,16H,2,7-9H2,1H3. The summed E-state index contributed by atoms with van der Waals surface area (Å²) >= 11 is 0. The molecule has 0 atom stereocenters. The zero-order valence-corrected chi connectivity index (χ0v) is 10.9. The van der Waals surface area contributed by atoms with Gasteiger partial charge in [-0.3, -0.25) is 0 Å². The molecule has 0 aliphatic carbocycles. The first-order valence-corrected chi connectivity index (χ1v) is 6.37. The fourth-order valence-corrected chi connectivity index (χ4v) is 1.66. The van der Waals surface area contributed by atoms with Crippen molar-refractivity contribution in [2.45, 2.75) is 19.8 Å². The van der Waals surface area contributed by atoms with E-state index in [0.717, 1.165) is 31.5 Å². The first-order chi connectivity index (χ1) is 9.33. The first kappa shape index (κ1) is 13.2. The number of nitrogens with one attached hydrogen (secondary N) is 1. The van der Waals surface area contributed by atoms with Gasteiger partial charge >= 0.3 is 0 Å². The second-order valence-electron chi connectivity index (χ2n) is 4.19. The van der Waals surface area contributed by atoms with E-state index in [0.29, 0.717) is 17.3 Å². The van der Waals surface area contributed by atoms with Crippen LogP contribution in [-0.2, 0) is 6.42 Å². The van der Waals surface area contributed by atoms with Crippen molar-refractivity contribution in [3.63, 3.8) is 0 Å². The van der Waals surface area contributed by atoms with Crippen molar-refractivity contribution in [2.75, 3.05) is 13.1 Å². The Bertz CT molecular complexity index is 554. The van der Waals surface area contributed by atoms with Crippen LogP contribution in [0.15, 0.2) is 28.7 Å². The van der Waals surface area contributed by atoms with Crippen LogP contribution in [0.2, 0.25) is 0 Å². The number of benzene rings is 1. The lowest BCUT2D eigenvalue weighted by Crippen LogP contribution is -2.17. The van der Waals surface area contributed by atoms with Crippen LogP contribution in [0.1, 0.15) is 24.8 Å². The molecular formula is C14H16N4O. The zero-order chi connectivity index (χ0) is 13.5. The highest BCUT2D eigenvalue weighted by Gasteiger charge is 2.08. The smallest absolute Gasteiger partial charge is 0.247 e. The molecule has 2 rings (SSSR count). The normalized spacial score (nSPS) is 10.3. The van der Waals surface area contributed by atoms with E-state index < -0.39 is 0 Å². The van der Waals surface area contributed by atoms with E-state index in [1.165, 1.54) is 0 Å². The lowest BCUT2D eigenvalue weighted by Gasteiger charge is -1.98. The molecule has 0 spiro atoms. The van der Waals surface area contributed by atoms with Gasteiger partial charge in [-0.05, 0) is 37.2 Å². The summed E-state index contributed by atoms with van der Waals surface area (Å²) in [7, 11) is 0. The van der Waals surface area contributed by atoms with Gasteiger partial charge in [-0.15, -0.1) is 10.2 Å². The summed E-state index contributed by atoms with van der Waals surface area (Å²) in [6.07, 6.45) is 1.84. The van der Waals surface area contributed by atoms with Gasteiger partial charge in [0.25, 0.3) is 0 Å². The maximum atomic E-state index is 8.74. The maximum Gasteiger partial charge on any atom is 0.247 e. The summed E-state index contributed by atoms with van der Waals surface area (Å²) < 4.78 is 5.58. The van der Waals surface area contributed by atoms with Crippen molar-refractivity contribution in [1.82, 2.24) is 15.5 Å². The minimum Gasteiger partial charge on any atom is -0.421 e. The molecule has 0 saturated carbocycles. The van der Waals surface area contributed by atoms with Crippen LogP contribution in [0, 0.1) is 11.3 Å². The van der Waals surface area contributed by atoms with E-state index in [1.807, 2.05) is 12.1 Å². The fourth-order valence-electron chi connectivity index (χ4n) is 1.66. The Morgan fingerprint density at radius 2 is 2.00 bits per heavy atom. The summed E-state index contributed by atoms with van der Waals surface area (Å²) in [5.74, 6) is 1.12. The van der Waals surface area contributed by atoms with Crippen LogP contribution < -0.4 is 5.32 Å². The Morgan fingerprint density at radius 1 is 1.21 bits per heavy atom. The van der Waals surface area contributed by atoms with Crippen molar-refractivity contribution in [3.05, 3.63) is 35.7 Å². The summed E-state index contributed by atoms with van der Waals surface area (Å²) in [4.78, 5) is 0. The van der Waals surface area contributed by atoms with Gasteiger partial charge in [0.05, 0.1) is 11.6 Å². The van der Waals surface area contributed by atoms with Gasteiger partial charge < -0.3 is 9.73 Å². The number of aromatic nitrogens is 2. The van der Waals surface area contributed by atoms with Gasteiger partial charge in [0.1, 0.15) is 0 Å². The lowest BCUT2D eigenvalue weighted by atomic mass is 10.1. The zero-order valence-electron chi connectivity index (χ0n) is 10.9. The minimum atomic E-state index is 0.495. The summed E-state index contributed by atoms with van der Waals surface area (Å²) in [6, 6.07) is 9.17. The molecule has 0 fully saturated rings. The van der Waals surface area contributed by atoms with Crippen molar-refractivity contribution in [1.29, 1.82) is 5.26 Å². The Hall–Kier alpha value is -2.19. The van der Waals surface area contributed by atoms with E-state index in [2.05, 4.69) is 28.5 Å². The average Bonchev–Trinajstić information content (AvgIpc) is 2.92. The molecule has 1 N–H and O–H groups in total. The summed E-state index contributed by atoms with van der Waals surface area (Å²) in [5.41, 5.74) is 1.45. The molecule has 0 bridgehead atoms. The van der Waals surface area contributed by atoms with Gasteiger partial charge in [-0.1, -0.05) is 6.92 Å². The van der Waals surface area contributed by atoms with E-state index in [-0.39, 0.29) is 0 Å². The molecule has 1 heterocycles. The van der Waals surface area contributed by atoms with E-state index >= 15 is 0 Å². The van der Waals surface area contributed by atoms with Crippen LogP contribution in [0.25, 0.3) is 11.5 Å².